The molecule has 0 unspecified atom stereocenters. The van der Waals surface area contributed by atoms with Gasteiger partial charge in [0, 0.05) is 52.4 Å². The number of hydrogen-bond acceptors (Lipinski definition) is 4. The number of aromatic nitrogens is 5. The number of pyridine rings is 2. The molecule has 0 atom stereocenters. The summed E-state index contributed by atoms with van der Waals surface area (Å²) in [6.07, 6.45) is 7.42. The molecule has 0 aliphatic heterocycles. The van der Waals surface area contributed by atoms with E-state index in [9.17, 15) is 0 Å². The van der Waals surface area contributed by atoms with Crippen LogP contribution >= 0.6 is 0 Å². The van der Waals surface area contributed by atoms with Crippen LogP contribution in [0.4, 0.5) is 0 Å². The van der Waals surface area contributed by atoms with Crippen LogP contribution in [-0.4, -0.2) is 24.3 Å². The summed E-state index contributed by atoms with van der Waals surface area (Å²) in [7, 11) is 0. The Morgan fingerprint density at radius 3 is 2.29 bits per heavy atom. The van der Waals surface area contributed by atoms with Gasteiger partial charge in [0.2, 0.25) is 0 Å². The molecule has 45 heavy (non-hydrogen) atoms. The molecule has 0 aliphatic rings. The molecule has 6 nitrogen and oxygen atoms in total. The van der Waals surface area contributed by atoms with Gasteiger partial charge in [0.1, 0.15) is 17.3 Å². The van der Waals surface area contributed by atoms with Crippen molar-refractivity contribution in [2.75, 3.05) is 0 Å². The van der Waals surface area contributed by atoms with Crippen molar-refractivity contribution in [1.29, 1.82) is 0 Å². The van der Waals surface area contributed by atoms with Gasteiger partial charge in [-0.15, -0.1) is 0 Å². The van der Waals surface area contributed by atoms with E-state index in [0.29, 0.717) is 0 Å². The van der Waals surface area contributed by atoms with Crippen molar-refractivity contribution < 1.29 is 4.74 Å². The van der Waals surface area contributed by atoms with Crippen LogP contribution in [0.5, 0.6) is 11.5 Å². The Bertz CT molecular complexity index is 2330. The lowest BCUT2D eigenvalue weighted by Gasteiger charge is -2.19. The molecule has 8 rings (SSSR count). The summed E-state index contributed by atoms with van der Waals surface area (Å²) in [5, 5.41) is 8.06. The van der Waals surface area contributed by atoms with Gasteiger partial charge in [-0.25, -0.2) is 9.67 Å². The van der Waals surface area contributed by atoms with E-state index < -0.39 is 0 Å². The quantitative estimate of drug-likeness (QED) is 0.202. The SMILES string of the molecule is CC(C)(C)c1ccc2c(c1)c1ccc(Oc3cccc(-n4ncc5ccccc54)c3)cc1n2-c1ccc(-c2ccncc2)cn1. The first kappa shape index (κ1) is 26.8. The number of nitrogens with zero attached hydrogens (tertiary/aromatic N) is 5. The van der Waals surface area contributed by atoms with E-state index in [-0.39, 0.29) is 5.41 Å². The highest BCUT2D eigenvalue weighted by atomic mass is 16.5. The van der Waals surface area contributed by atoms with Gasteiger partial charge in [0.25, 0.3) is 0 Å². The van der Waals surface area contributed by atoms with Crippen LogP contribution in [0.3, 0.4) is 0 Å². The highest BCUT2D eigenvalue weighted by Gasteiger charge is 2.19. The third-order valence-corrected chi connectivity index (χ3v) is 8.37. The average Bonchev–Trinajstić information content (AvgIpc) is 3.64. The van der Waals surface area contributed by atoms with Crippen molar-refractivity contribution >= 4 is 32.7 Å². The minimum atomic E-state index is 0.0288. The molecule has 0 saturated heterocycles. The van der Waals surface area contributed by atoms with Crippen LogP contribution in [0, 0.1) is 0 Å². The summed E-state index contributed by atoms with van der Waals surface area (Å²) in [4.78, 5) is 9.09. The predicted octanol–water partition coefficient (Wildman–Crippen LogP) is 9.67. The van der Waals surface area contributed by atoms with E-state index in [0.717, 1.165) is 61.5 Å². The van der Waals surface area contributed by atoms with Crippen molar-refractivity contribution in [1.82, 2.24) is 24.3 Å². The fourth-order valence-corrected chi connectivity index (χ4v) is 6.00. The van der Waals surface area contributed by atoms with Gasteiger partial charge in [-0.3, -0.25) is 9.55 Å². The Kier molecular flexibility index (Phi) is 6.24. The third kappa shape index (κ3) is 4.81. The van der Waals surface area contributed by atoms with Crippen molar-refractivity contribution in [3.8, 4) is 34.1 Å². The number of fused-ring (bicyclic) bond motifs is 4. The molecule has 8 aromatic rings. The van der Waals surface area contributed by atoms with Crippen LogP contribution in [0.25, 0.3) is 55.3 Å². The smallest absolute Gasteiger partial charge is 0.137 e. The fourth-order valence-electron chi connectivity index (χ4n) is 6.00. The van der Waals surface area contributed by atoms with Crippen LogP contribution in [0.1, 0.15) is 26.3 Å². The van der Waals surface area contributed by atoms with Crippen molar-refractivity contribution in [2.45, 2.75) is 26.2 Å². The summed E-state index contributed by atoms with van der Waals surface area (Å²) in [5.74, 6) is 2.34. The predicted molar refractivity (Wildman–Crippen MR) is 182 cm³/mol. The van der Waals surface area contributed by atoms with Crippen molar-refractivity contribution in [3.05, 3.63) is 140 Å². The topological polar surface area (TPSA) is 57.8 Å². The zero-order valence-corrected chi connectivity index (χ0v) is 25.3. The maximum Gasteiger partial charge on any atom is 0.137 e. The van der Waals surface area contributed by atoms with Gasteiger partial charge >= 0.3 is 0 Å². The lowest BCUT2D eigenvalue weighted by atomic mass is 9.86. The molecule has 0 saturated carbocycles. The summed E-state index contributed by atoms with van der Waals surface area (Å²) in [6, 6.07) is 37.5. The summed E-state index contributed by atoms with van der Waals surface area (Å²) in [5.41, 5.74) is 7.58. The Morgan fingerprint density at radius 1 is 0.622 bits per heavy atom. The van der Waals surface area contributed by atoms with Crippen molar-refractivity contribution in [2.24, 2.45) is 0 Å². The van der Waals surface area contributed by atoms with Crippen LogP contribution < -0.4 is 4.74 Å². The van der Waals surface area contributed by atoms with E-state index in [2.05, 4.69) is 90.0 Å². The lowest BCUT2D eigenvalue weighted by Crippen LogP contribution is -2.10. The van der Waals surface area contributed by atoms with Gasteiger partial charge in [-0.1, -0.05) is 51.1 Å². The zero-order valence-electron chi connectivity index (χ0n) is 25.3. The first-order valence-electron chi connectivity index (χ1n) is 15.1. The number of ether oxygens (including phenoxy) is 1. The highest BCUT2D eigenvalue weighted by Crippen LogP contribution is 2.37. The molecular weight excluding hydrogens is 554 g/mol. The second-order valence-corrected chi connectivity index (χ2v) is 12.4. The lowest BCUT2D eigenvalue weighted by molar-refractivity contribution is 0.483. The molecule has 0 amide bonds. The Labute approximate surface area is 261 Å². The molecule has 4 aromatic heterocycles. The van der Waals surface area contributed by atoms with E-state index >= 15 is 0 Å². The summed E-state index contributed by atoms with van der Waals surface area (Å²) in [6.45, 7) is 6.75. The normalized spacial score (nSPS) is 11.9. The van der Waals surface area contributed by atoms with Gasteiger partial charge in [-0.05, 0) is 83.3 Å². The molecule has 6 heteroatoms. The minimum absolute atomic E-state index is 0.0288. The fraction of sp³-hybridized carbons (Fsp3) is 0.103. The number of rotatable bonds is 5. The maximum absolute atomic E-state index is 6.50. The molecule has 4 heterocycles. The van der Waals surface area contributed by atoms with Gasteiger partial charge in [0.15, 0.2) is 0 Å². The standard InChI is InChI=1S/C39H31N5O/c1-39(2,3)29-12-15-36-34(21-29)33-14-13-32(23-37(33)43(36)38-16-11-27(24-41-38)26-17-19-40-20-18-26)45-31-9-6-8-30(22-31)44-35-10-5-4-7-28(35)25-42-44/h4-25H,1-3H3. The molecule has 218 valence electrons. The monoisotopic (exact) mass is 585 g/mol. The first-order valence-corrected chi connectivity index (χ1v) is 15.1. The Balaban J connectivity index is 1.23. The third-order valence-electron chi connectivity index (χ3n) is 8.37. The molecule has 0 aliphatic carbocycles. The van der Waals surface area contributed by atoms with E-state index in [1.165, 1.54) is 10.9 Å². The molecule has 4 aromatic carbocycles. The van der Waals surface area contributed by atoms with Gasteiger partial charge < -0.3 is 4.74 Å². The minimum Gasteiger partial charge on any atom is -0.457 e. The number of para-hydroxylation sites is 1. The Morgan fingerprint density at radius 2 is 1.47 bits per heavy atom. The molecular formula is C39H31N5O. The molecule has 0 N–H and O–H groups in total. The zero-order chi connectivity index (χ0) is 30.5. The second kappa shape index (κ2) is 10.5. The van der Waals surface area contributed by atoms with E-state index in [1.54, 1.807) is 12.4 Å². The number of benzene rings is 4. The number of hydrogen-bond donors (Lipinski definition) is 0. The largest absolute Gasteiger partial charge is 0.457 e. The highest BCUT2D eigenvalue weighted by molar-refractivity contribution is 6.09. The molecule has 0 radical (unpaired) electrons. The Hall–Kier alpha value is -5.75. The van der Waals surface area contributed by atoms with E-state index in [4.69, 9.17) is 9.72 Å². The van der Waals surface area contributed by atoms with Crippen LogP contribution in [0.15, 0.2) is 134 Å². The second-order valence-electron chi connectivity index (χ2n) is 12.4. The van der Waals surface area contributed by atoms with Crippen molar-refractivity contribution in [3.63, 3.8) is 0 Å². The first-order chi connectivity index (χ1) is 21.9. The average molecular weight is 586 g/mol. The van der Waals surface area contributed by atoms with Gasteiger partial charge in [0.05, 0.1) is 28.4 Å². The van der Waals surface area contributed by atoms with Crippen LogP contribution in [-0.2, 0) is 5.41 Å². The van der Waals surface area contributed by atoms with E-state index in [1.807, 2.05) is 71.7 Å². The van der Waals surface area contributed by atoms with Gasteiger partial charge in [-0.2, -0.15) is 5.10 Å². The van der Waals surface area contributed by atoms with Crippen LogP contribution in [0.2, 0.25) is 0 Å². The molecule has 0 spiro atoms. The summed E-state index contributed by atoms with van der Waals surface area (Å²) < 4.78 is 10.7. The molecule has 0 bridgehead atoms. The summed E-state index contributed by atoms with van der Waals surface area (Å²) >= 11 is 0. The maximum atomic E-state index is 6.50. The molecule has 0 fully saturated rings.